The van der Waals surface area contributed by atoms with Crippen LogP contribution in [0.25, 0.3) is 0 Å². The largest absolute Gasteiger partial charge is 0.461 e. The molecular formula is C14H24N2O4. The van der Waals surface area contributed by atoms with Gasteiger partial charge in [0, 0.05) is 13.1 Å². The molecule has 1 amide bonds. The van der Waals surface area contributed by atoms with Gasteiger partial charge in [-0.1, -0.05) is 0 Å². The van der Waals surface area contributed by atoms with Gasteiger partial charge in [0.05, 0.1) is 11.5 Å². The molecule has 2 fully saturated rings. The highest BCUT2D eigenvalue weighted by Gasteiger charge is 2.55. The van der Waals surface area contributed by atoms with Crippen LogP contribution >= 0.6 is 0 Å². The molecule has 6 heteroatoms. The highest BCUT2D eigenvalue weighted by Crippen LogP contribution is 2.42. The average Bonchev–Trinajstić information content (AvgIpc) is 2.53. The van der Waals surface area contributed by atoms with Crippen molar-refractivity contribution >= 4 is 12.1 Å². The third-order valence-corrected chi connectivity index (χ3v) is 4.15. The van der Waals surface area contributed by atoms with Crippen molar-refractivity contribution in [1.82, 2.24) is 4.90 Å². The number of cyclic esters (lactones) is 1. The molecular weight excluding hydrogens is 260 g/mol. The van der Waals surface area contributed by atoms with E-state index in [2.05, 4.69) is 0 Å². The average molecular weight is 284 g/mol. The monoisotopic (exact) mass is 284 g/mol. The molecule has 0 saturated carbocycles. The lowest BCUT2D eigenvalue weighted by atomic mass is 9.73. The Balaban J connectivity index is 1.99. The van der Waals surface area contributed by atoms with Crippen LogP contribution in [-0.2, 0) is 14.3 Å². The van der Waals surface area contributed by atoms with Crippen molar-refractivity contribution < 1.29 is 19.1 Å². The first-order valence-electron chi connectivity index (χ1n) is 7.10. The van der Waals surface area contributed by atoms with Gasteiger partial charge < -0.3 is 20.1 Å². The molecule has 0 aromatic carbocycles. The molecule has 2 saturated heterocycles. The molecule has 1 spiro atoms. The maximum Gasteiger partial charge on any atom is 0.410 e. The zero-order valence-electron chi connectivity index (χ0n) is 12.6. The molecule has 2 aliphatic heterocycles. The normalized spacial score (nSPS) is 29.4. The van der Waals surface area contributed by atoms with Gasteiger partial charge >= 0.3 is 12.1 Å². The van der Waals surface area contributed by atoms with E-state index >= 15 is 0 Å². The Morgan fingerprint density at radius 2 is 1.95 bits per heavy atom. The van der Waals surface area contributed by atoms with Crippen molar-refractivity contribution in [2.75, 3.05) is 13.1 Å². The van der Waals surface area contributed by atoms with E-state index in [9.17, 15) is 9.59 Å². The summed E-state index contributed by atoms with van der Waals surface area (Å²) < 4.78 is 10.6. The minimum atomic E-state index is -0.627. The Kier molecular flexibility index (Phi) is 3.71. The van der Waals surface area contributed by atoms with E-state index in [-0.39, 0.29) is 24.2 Å². The van der Waals surface area contributed by atoms with Crippen LogP contribution in [0.5, 0.6) is 0 Å². The zero-order chi connectivity index (χ0) is 15.1. The van der Waals surface area contributed by atoms with Gasteiger partial charge in [-0.3, -0.25) is 4.79 Å². The Morgan fingerprint density at radius 1 is 1.40 bits per heavy atom. The molecule has 6 nitrogen and oxygen atoms in total. The van der Waals surface area contributed by atoms with E-state index in [4.69, 9.17) is 15.2 Å². The van der Waals surface area contributed by atoms with Crippen LogP contribution in [0.4, 0.5) is 4.79 Å². The lowest BCUT2D eigenvalue weighted by Gasteiger charge is -2.39. The molecule has 0 bridgehead atoms. The first kappa shape index (κ1) is 15.1. The van der Waals surface area contributed by atoms with Crippen molar-refractivity contribution in [3.63, 3.8) is 0 Å². The van der Waals surface area contributed by atoms with Gasteiger partial charge in [0.2, 0.25) is 0 Å². The Bertz CT molecular complexity index is 408. The number of hydrogen-bond acceptors (Lipinski definition) is 5. The number of rotatable bonds is 0. The van der Waals surface area contributed by atoms with Crippen LogP contribution < -0.4 is 5.73 Å². The van der Waals surface area contributed by atoms with Crippen molar-refractivity contribution in [3.8, 4) is 0 Å². The van der Waals surface area contributed by atoms with Crippen LogP contribution in [0.15, 0.2) is 0 Å². The third kappa shape index (κ3) is 2.61. The number of piperidine rings is 1. The molecule has 2 heterocycles. The molecule has 2 aliphatic rings. The summed E-state index contributed by atoms with van der Waals surface area (Å²) >= 11 is 0. The van der Waals surface area contributed by atoms with Gasteiger partial charge in [-0.15, -0.1) is 0 Å². The van der Waals surface area contributed by atoms with E-state index in [1.165, 1.54) is 0 Å². The van der Waals surface area contributed by atoms with Crippen LogP contribution in [-0.4, -0.2) is 47.8 Å². The summed E-state index contributed by atoms with van der Waals surface area (Å²) in [7, 11) is 0. The van der Waals surface area contributed by atoms with Crippen LogP contribution in [0.3, 0.4) is 0 Å². The first-order chi connectivity index (χ1) is 9.16. The molecule has 0 aromatic heterocycles. The van der Waals surface area contributed by atoms with Crippen molar-refractivity contribution in [3.05, 3.63) is 0 Å². The van der Waals surface area contributed by atoms with Gasteiger partial charge in [0.15, 0.2) is 0 Å². The van der Waals surface area contributed by atoms with E-state index in [1.54, 1.807) is 4.90 Å². The fraction of sp³-hybridized carbons (Fsp3) is 0.857. The number of amides is 1. The number of hydrogen-bond donors (Lipinski definition) is 1. The summed E-state index contributed by atoms with van der Waals surface area (Å²) in [4.78, 5) is 25.7. The highest BCUT2D eigenvalue weighted by molar-refractivity contribution is 5.81. The van der Waals surface area contributed by atoms with Gasteiger partial charge in [-0.25, -0.2) is 4.79 Å². The maximum atomic E-state index is 12.0. The van der Waals surface area contributed by atoms with Crippen molar-refractivity contribution in [2.45, 2.75) is 58.3 Å². The molecule has 0 aliphatic carbocycles. The van der Waals surface area contributed by atoms with E-state index in [1.807, 2.05) is 27.7 Å². The minimum Gasteiger partial charge on any atom is -0.461 e. The van der Waals surface area contributed by atoms with Crippen molar-refractivity contribution in [2.24, 2.45) is 11.1 Å². The smallest absolute Gasteiger partial charge is 0.410 e. The van der Waals surface area contributed by atoms with Gasteiger partial charge in [-0.05, 0) is 40.5 Å². The summed E-state index contributed by atoms with van der Waals surface area (Å²) in [5, 5.41) is 0. The fourth-order valence-electron chi connectivity index (χ4n) is 2.90. The number of esters is 1. The highest BCUT2D eigenvalue weighted by atomic mass is 16.6. The van der Waals surface area contributed by atoms with Crippen molar-refractivity contribution in [1.29, 1.82) is 0 Å². The maximum absolute atomic E-state index is 12.0. The lowest BCUT2D eigenvalue weighted by Crippen LogP contribution is -2.53. The molecule has 20 heavy (non-hydrogen) atoms. The standard InChI is InChI=1S/C14H24N2O4/c1-9-10(15)14(11(17)19-9)5-7-16(8-6-14)12(18)20-13(2,3)4/h9-10H,5-8,15H2,1-4H3/t9-,10+/m0/s1. The molecule has 0 radical (unpaired) electrons. The fourth-order valence-corrected chi connectivity index (χ4v) is 2.90. The predicted molar refractivity (Wildman–Crippen MR) is 73.0 cm³/mol. The number of carbonyl (C=O) groups is 2. The minimum absolute atomic E-state index is 0.221. The molecule has 2 rings (SSSR count). The van der Waals surface area contributed by atoms with E-state index in [0.29, 0.717) is 25.9 Å². The topological polar surface area (TPSA) is 81.9 Å². The van der Waals surface area contributed by atoms with Gasteiger partial charge in [-0.2, -0.15) is 0 Å². The predicted octanol–water partition coefficient (Wildman–Crippen LogP) is 1.28. The summed E-state index contributed by atoms with van der Waals surface area (Å²) in [6, 6.07) is -0.296. The SMILES string of the molecule is C[C@@H]1OC(=O)C2(CCN(C(=O)OC(C)(C)C)CC2)[C@@H]1N. The van der Waals surface area contributed by atoms with Crippen LogP contribution in [0, 0.1) is 5.41 Å². The molecule has 2 atom stereocenters. The number of nitrogens with two attached hydrogens (primary N) is 1. The third-order valence-electron chi connectivity index (χ3n) is 4.15. The molecule has 0 aromatic rings. The Labute approximate surface area is 119 Å². The second kappa shape index (κ2) is 4.91. The van der Waals surface area contributed by atoms with E-state index in [0.717, 1.165) is 0 Å². The summed E-state index contributed by atoms with van der Waals surface area (Å²) in [6.07, 6.45) is 0.489. The van der Waals surface area contributed by atoms with Gasteiger partial charge in [0.25, 0.3) is 0 Å². The molecule has 0 unspecified atom stereocenters. The second-order valence-corrected chi connectivity index (χ2v) is 6.76. The van der Waals surface area contributed by atoms with Crippen LogP contribution in [0.2, 0.25) is 0 Å². The summed E-state index contributed by atoms with van der Waals surface area (Å²) in [6.45, 7) is 8.28. The molecule has 114 valence electrons. The quantitative estimate of drug-likeness (QED) is 0.678. The lowest BCUT2D eigenvalue weighted by molar-refractivity contribution is -0.150. The number of carbonyl (C=O) groups excluding carboxylic acids is 2. The summed E-state index contributed by atoms with van der Waals surface area (Å²) in [5.74, 6) is -0.221. The number of ether oxygens (including phenoxy) is 2. The first-order valence-corrected chi connectivity index (χ1v) is 7.10. The van der Waals surface area contributed by atoms with Gasteiger partial charge in [0.1, 0.15) is 11.7 Å². The Hall–Kier alpha value is -1.30. The number of likely N-dealkylation sites (tertiary alicyclic amines) is 1. The second-order valence-electron chi connectivity index (χ2n) is 6.76. The van der Waals surface area contributed by atoms with E-state index < -0.39 is 11.0 Å². The zero-order valence-corrected chi connectivity index (χ0v) is 12.6. The Morgan fingerprint density at radius 3 is 2.35 bits per heavy atom. The van der Waals surface area contributed by atoms with Crippen LogP contribution in [0.1, 0.15) is 40.5 Å². The number of nitrogens with zero attached hydrogens (tertiary/aromatic N) is 1. The summed E-state index contributed by atoms with van der Waals surface area (Å²) in [5.41, 5.74) is 4.98. The molecule has 2 N–H and O–H groups in total.